The molecule has 2 heterocycles. The molecular formula is C13H21ClN2OS. The second kappa shape index (κ2) is 6.87. The summed E-state index contributed by atoms with van der Waals surface area (Å²) >= 11 is 7.61. The summed E-state index contributed by atoms with van der Waals surface area (Å²) in [5, 5.41) is 3.40. The van der Waals surface area contributed by atoms with Crippen LogP contribution in [0.15, 0.2) is 12.1 Å². The summed E-state index contributed by atoms with van der Waals surface area (Å²) in [6.07, 6.45) is 1.11. The molecule has 1 aromatic rings. The van der Waals surface area contributed by atoms with Crippen LogP contribution < -0.4 is 5.32 Å². The zero-order valence-electron chi connectivity index (χ0n) is 11.0. The highest BCUT2D eigenvalue weighted by Crippen LogP contribution is 2.23. The Balaban J connectivity index is 1.84. The van der Waals surface area contributed by atoms with Crippen LogP contribution in [0, 0.1) is 5.92 Å². The van der Waals surface area contributed by atoms with Crippen LogP contribution in [0.2, 0.25) is 4.34 Å². The van der Waals surface area contributed by atoms with E-state index in [9.17, 15) is 0 Å². The van der Waals surface area contributed by atoms with Crippen molar-refractivity contribution < 1.29 is 4.74 Å². The molecule has 0 radical (unpaired) electrons. The Hall–Kier alpha value is -0.130. The van der Waals surface area contributed by atoms with Crippen LogP contribution in [0.25, 0.3) is 0 Å². The second-order valence-corrected chi connectivity index (χ2v) is 6.72. The van der Waals surface area contributed by atoms with Crippen LogP contribution in [0.5, 0.6) is 0 Å². The summed E-state index contributed by atoms with van der Waals surface area (Å²) in [5.74, 6) is 0.573. The normalized spacial score (nSPS) is 24.7. The van der Waals surface area contributed by atoms with Gasteiger partial charge in [-0.05, 0) is 32.6 Å². The molecule has 2 unspecified atom stereocenters. The van der Waals surface area contributed by atoms with E-state index in [1.54, 1.807) is 11.3 Å². The third-order valence-electron chi connectivity index (χ3n) is 3.45. The van der Waals surface area contributed by atoms with Crippen molar-refractivity contribution in [1.82, 2.24) is 10.2 Å². The number of nitrogens with zero attached hydrogens (tertiary/aromatic N) is 1. The van der Waals surface area contributed by atoms with E-state index < -0.39 is 0 Å². The third kappa shape index (κ3) is 3.93. The van der Waals surface area contributed by atoms with Gasteiger partial charge in [0.05, 0.1) is 10.9 Å². The van der Waals surface area contributed by atoms with Gasteiger partial charge in [-0.1, -0.05) is 11.6 Å². The minimum Gasteiger partial charge on any atom is -0.381 e. The monoisotopic (exact) mass is 288 g/mol. The third-order valence-corrected chi connectivity index (χ3v) is 4.66. The lowest BCUT2D eigenvalue weighted by Crippen LogP contribution is -2.45. The maximum atomic E-state index is 5.95. The van der Waals surface area contributed by atoms with E-state index in [0.29, 0.717) is 12.0 Å². The van der Waals surface area contributed by atoms with Gasteiger partial charge in [-0.3, -0.25) is 0 Å². The lowest BCUT2D eigenvalue weighted by atomic mass is 9.95. The summed E-state index contributed by atoms with van der Waals surface area (Å²) in [7, 11) is 4.21. The number of rotatable bonds is 5. The Morgan fingerprint density at radius 1 is 1.56 bits per heavy atom. The Bertz CT molecular complexity index is 372. The van der Waals surface area contributed by atoms with Gasteiger partial charge in [0.1, 0.15) is 0 Å². The van der Waals surface area contributed by atoms with Crippen molar-refractivity contribution in [3.63, 3.8) is 0 Å². The van der Waals surface area contributed by atoms with Gasteiger partial charge in [-0.2, -0.15) is 0 Å². The number of halogens is 1. The number of nitrogens with one attached hydrogen (secondary N) is 1. The van der Waals surface area contributed by atoms with Crippen LogP contribution in [-0.4, -0.2) is 44.8 Å². The minimum absolute atomic E-state index is 0.573. The SMILES string of the molecule is CNC1CCOCC1CN(C)Cc1ccc(Cl)s1. The number of ether oxygens (including phenoxy) is 1. The smallest absolute Gasteiger partial charge is 0.0931 e. The first-order valence-electron chi connectivity index (χ1n) is 6.37. The van der Waals surface area contributed by atoms with E-state index in [2.05, 4.69) is 23.3 Å². The van der Waals surface area contributed by atoms with Gasteiger partial charge in [0, 0.05) is 36.5 Å². The maximum Gasteiger partial charge on any atom is 0.0931 e. The van der Waals surface area contributed by atoms with Gasteiger partial charge in [0.2, 0.25) is 0 Å². The Kier molecular flexibility index (Phi) is 5.45. The van der Waals surface area contributed by atoms with Crippen molar-refractivity contribution in [2.24, 2.45) is 5.92 Å². The predicted molar refractivity (Wildman–Crippen MR) is 77.4 cm³/mol. The zero-order chi connectivity index (χ0) is 13.0. The second-order valence-electron chi connectivity index (χ2n) is 4.92. The van der Waals surface area contributed by atoms with Gasteiger partial charge < -0.3 is 15.0 Å². The first-order valence-corrected chi connectivity index (χ1v) is 7.56. The fraction of sp³-hybridized carbons (Fsp3) is 0.692. The summed E-state index contributed by atoms with van der Waals surface area (Å²) in [4.78, 5) is 3.67. The van der Waals surface area contributed by atoms with Crippen LogP contribution >= 0.6 is 22.9 Å². The average molecular weight is 289 g/mol. The van der Waals surface area contributed by atoms with Crippen LogP contribution in [0.4, 0.5) is 0 Å². The molecule has 0 spiro atoms. The molecule has 2 rings (SSSR count). The molecule has 1 aliphatic heterocycles. The standard InChI is InChI=1S/C13H21ClN2OS/c1-15-12-5-6-17-9-10(12)7-16(2)8-11-3-4-13(14)18-11/h3-4,10,12,15H,5-9H2,1-2H3. The molecule has 1 fully saturated rings. The minimum atomic E-state index is 0.573. The van der Waals surface area contributed by atoms with Crippen molar-refractivity contribution in [3.05, 3.63) is 21.3 Å². The molecule has 0 aliphatic carbocycles. The summed E-state index contributed by atoms with van der Waals surface area (Å²) in [6.45, 7) is 3.76. The van der Waals surface area contributed by atoms with E-state index in [1.165, 1.54) is 4.88 Å². The van der Waals surface area contributed by atoms with E-state index >= 15 is 0 Å². The highest BCUT2D eigenvalue weighted by molar-refractivity contribution is 7.16. The fourth-order valence-electron chi connectivity index (χ4n) is 2.52. The molecule has 1 saturated heterocycles. The van der Waals surface area contributed by atoms with Gasteiger partial charge in [-0.25, -0.2) is 0 Å². The molecule has 5 heteroatoms. The molecule has 102 valence electrons. The molecule has 1 aromatic heterocycles. The fourth-order valence-corrected chi connectivity index (χ4v) is 3.69. The Morgan fingerprint density at radius 3 is 3.06 bits per heavy atom. The number of thiophene rings is 1. The van der Waals surface area contributed by atoms with Crippen molar-refractivity contribution in [1.29, 1.82) is 0 Å². The van der Waals surface area contributed by atoms with Crippen molar-refractivity contribution in [2.45, 2.75) is 19.0 Å². The number of hydrogen-bond donors (Lipinski definition) is 1. The van der Waals surface area contributed by atoms with Crippen molar-refractivity contribution in [3.8, 4) is 0 Å². The van der Waals surface area contributed by atoms with Gasteiger partial charge in [0.25, 0.3) is 0 Å². The largest absolute Gasteiger partial charge is 0.381 e. The number of hydrogen-bond acceptors (Lipinski definition) is 4. The Labute approximate surface area is 118 Å². The summed E-state index contributed by atoms with van der Waals surface area (Å²) in [6, 6.07) is 4.65. The van der Waals surface area contributed by atoms with Crippen molar-refractivity contribution in [2.75, 3.05) is 33.9 Å². The molecule has 0 aromatic carbocycles. The molecule has 3 nitrogen and oxygen atoms in total. The maximum absolute atomic E-state index is 5.95. The van der Waals surface area contributed by atoms with Gasteiger partial charge in [-0.15, -0.1) is 11.3 Å². The first kappa shape index (κ1) is 14.3. The molecule has 18 heavy (non-hydrogen) atoms. The van der Waals surface area contributed by atoms with Crippen LogP contribution in [0.1, 0.15) is 11.3 Å². The molecule has 1 aliphatic rings. The molecule has 2 atom stereocenters. The Morgan fingerprint density at radius 2 is 2.39 bits per heavy atom. The molecule has 0 bridgehead atoms. The molecular weight excluding hydrogens is 268 g/mol. The van der Waals surface area contributed by atoms with Crippen LogP contribution in [0.3, 0.4) is 0 Å². The summed E-state index contributed by atoms with van der Waals surface area (Å²) < 4.78 is 6.45. The van der Waals surface area contributed by atoms with Crippen molar-refractivity contribution >= 4 is 22.9 Å². The molecule has 0 amide bonds. The van der Waals surface area contributed by atoms with Crippen LogP contribution in [-0.2, 0) is 11.3 Å². The van der Waals surface area contributed by atoms with Gasteiger partial charge >= 0.3 is 0 Å². The highest BCUT2D eigenvalue weighted by Gasteiger charge is 2.25. The quantitative estimate of drug-likeness (QED) is 0.901. The lowest BCUT2D eigenvalue weighted by molar-refractivity contribution is 0.0209. The summed E-state index contributed by atoms with van der Waals surface area (Å²) in [5.41, 5.74) is 0. The van der Waals surface area contributed by atoms with E-state index in [4.69, 9.17) is 16.3 Å². The zero-order valence-corrected chi connectivity index (χ0v) is 12.6. The predicted octanol–water partition coefficient (Wildman–Crippen LogP) is 2.46. The first-order chi connectivity index (χ1) is 8.69. The van der Waals surface area contributed by atoms with E-state index in [1.807, 2.05) is 13.1 Å². The van der Waals surface area contributed by atoms with E-state index in [0.717, 1.165) is 37.1 Å². The average Bonchev–Trinajstić information content (AvgIpc) is 2.75. The topological polar surface area (TPSA) is 24.5 Å². The van der Waals surface area contributed by atoms with E-state index in [-0.39, 0.29) is 0 Å². The molecule has 0 saturated carbocycles. The van der Waals surface area contributed by atoms with Gasteiger partial charge in [0.15, 0.2) is 0 Å². The molecule has 1 N–H and O–H groups in total. The lowest BCUT2D eigenvalue weighted by Gasteiger charge is -2.34. The highest BCUT2D eigenvalue weighted by atomic mass is 35.5.